The van der Waals surface area contributed by atoms with Crippen LogP contribution >= 0.6 is 11.6 Å². The number of nitrogens with one attached hydrogen (secondary N) is 1. The van der Waals surface area contributed by atoms with Gasteiger partial charge in [0.2, 0.25) is 0 Å². The first kappa shape index (κ1) is 7.63. The van der Waals surface area contributed by atoms with Gasteiger partial charge in [-0.05, 0) is 18.7 Å². The van der Waals surface area contributed by atoms with Gasteiger partial charge in [-0.25, -0.2) is 0 Å². The van der Waals surface area contributed by atoms with Crippen molar-refractivity contribution in [2.45, 2.75) is 6.54 Å². The molecule has 0 radical (unpaired) electrons. The minimum atomic E-state index is 0.783. The fourth-order valence-electron chi connectivity index (χ4n) is 0.903. The zero-order valence-electron chi connectivity index (χ0n) is 6.19. The molecule has 0 aliphatic heterocycles. The Morgan fingerprint density at radius 2 is 2.40 bits per heavy atom. The van der Waals surface area contributed by atoms with E-state index in [-0.39, 0.29) is 0 Å². The number of aromatic nitrogens is 1. The number of aryl methyl sites for hydroxylation is 1. The second-order valence-electron chi connectivity index (χ2n) is 2.31. The van der Waals surface area contributed by atoms with Crippen LogP contribution in [0.1, 0.15) is 5.56 Å². The molecule has 2 nitrogen and oxygen atoms in total. The Kier molecular flexibility index (Phi) is 2.35. The minimum absolute atomic E-state index is 0.783. The molecule has 3 heteroatoms. The summed E-state index contributed by atoms with van der Waals surface area (Å²) < 4.78 is 1.90. The van der Waals surface area contributed by atoms with E-state index in [9.17, 15) is 0 Å². The zero-order valence-corrected chi connectivity index (χ0v) is 6.94. The van der Waals surface area contributed by atoms with Crippen molar-refractivity contribution >= 4 is 11.6 Å². The van der Waals surface area contributed by atoms with Crippen LogP contribution in [0, 0.1) is 0 Å². The normalized spacial score (nSPS) is 10.3. The summed E-state index contributed by atoms with van der Waals surface area (Å²) in [7, 11) is 3.85. The first-order valence-electron chi connectivity index (χ1n) is 3.19. The van der Waals surface area contributed by atoms with E-state index in [0.29, 0.717) is 0 Å². The van der Waals surface area contributed by atoms with E-state index in [1.165, 1.54) is 5.56 Å². The van der Waals surface area contributed by atoms with E-state index < -0.39 is 0 Å². The van der Waals surface area contributed by atoms with Gasteiger partial charge in [0.25, 0.3) is 0 Å². The standard InChI is InChI=1S/C7H11ClN2/c1-9-4-6-3-7(8)10(2)5-6/h3,5,9H,4H2,1-2H3. The van der Waals surface area contributed by atoms with E-state index >= 15 is 0 Å². The molecule has 0 aliphatic rings. The average Bonchev–Trinajstić information content (AvgIpc) is 2.14. The predicted octanol–water partition coefficient (Wildman–Crippen LogP) is 1.40. The summed E-state index contributed by atoms with van der Waals surface area (Å²) >= 11 is 5.80. The van der Waals surface area contributed by atoms with Crippen molar-refractivity contribution < 1.29 is 0 Å². The van der Waals surface area contributed by atoms with Crippen molar-refractivity contribution in [2.75, 3.05) is 7.05 Å². The van der Waals surface area contributed by atoms with Crippen LogP contribution in [0.3, 0.4) is 0 Å². The van der Waals surface area contributed by atoms with Gasteiger partial charge < -0.3 is 9.88 Å². The maximum Gasteiger partial charge on any atom is 0.108 e. The lowest BCUT2D eigenvalue weighted by atomic mass is 10.3. The highest BCUT2D eigenvalue weighted by Gasteiger charge is 1.97. The molecular weight excluding hydrogens is 148 g/mol. The SMILES string of the molecule is CNCc1cc(Cl)n(C)c1. The summed E-state index contributed by atoms with van der Waals surface area (Å²) in [6.45, 7) is 0.876. The predicted molar refractivity (Wildman–Crippen MR) is 43.2 cm³/mol. The Bertz CT molecular complexity index is 198. The Hall–Kier alpha value is -0.470. The maximum absolute atomic E-state index is 5.80. The number of halogens is 1. The molecular formula is C7H11ClN2. The molecule has 0 saturated carbocycles. The molecule has 10 heavy (non-hydrogen) atoms. The molecule has 0 amide bonds. The van der Waals surface area contributed by atoms with E-state index in [1.807, 2.05) is 30.9 Å². The Labute approximate surface area is 65.8 Å². The first-order valence-corrected chi connectivity index (χ1v) is 3.57. The molecule has 0 spiro atoms. The second kappa shape index (κ2) is 3.08. The van der Waals surface area contributed by atoms with Gasteiger partial charge >= 0.3 is 0 Å². The van der Waals surface area contributed by atoms with Crippen LogP contribution in [-0.2, 0) is 13.6 Å². The van der Waals surface area contributed by atoms with Gasteiger partial charge in [0.15, 0.2) is 0 Å². The summed E-state index contributed by atoms with van der Waals surface area (Å²) in [5.41, 5.74) is 1.22. The van der Waals surface area contributed by atoms with Crippen molar-refractivity contribution in [3.05, 3.63) is 23.0 Å². The minimum Gasteiger partial charge on any atom is -0.342 e. The van der Waals surface area contributed by atoms with Gasteiger partial charge in [-0.3, -0.25) is 0 Å². The summed E-state index contributed by atoms with van der Waals surface area (Å²) in [5, 5.41) is 3.84. The molecule has 0 saturated heterocycles. The molecule has 1 aromatic heterocycles. The highest BCUT2D eigenvalue weighted by atomic mass is 35.5. The van der Waals surface area contributed by atoms with E-state index in [0.717, 1.165) is 11.7 Å². The zero-order chi connectivity index (χ0) is 7.56. The topological polar surface area (TPSA) is 17.0 Å². The Balaban J connectivity index is 2.77. The van der Waals surface area contributed by atoms with Crippen LogP contribution in [0.4, 0.5) is 0 Å². The maximum atomic E-state index is 5.80. The lowest BCUT2D eigenvalue weighted by Gasteiger charge is -1.91. The molecule has 0 aliphatic carbocycles. The Morgan fingerprint density at radius 3 is 2.80 bits per heavy atom. The van der Waals surface area contributed by atoms with Crippen molar-refractivity contribution in [1.82, 2.24) is 9.88 Å². The third kappa shape index (κ3) is 1.52. The quantitative estimate of drug-likeness (QED) is 0.689. The Morgan fingerprint density at radius 1 is 1.70 bits per heavy atom. The van der Waals surface area contributed by atoms with Crippen molar-refractivity contribution in [3.8, 4) is 0 Å². The highest BCUT2D eigenvalue weighted by molar-refractivity contribution is 6.29. The highest BCUT2D eigenvalue weighted by Crippen LogP contribution is 2.11. The van der Waals surface area contributed by atoms with Gasteiger partial charge in [0.05, 0.1) is 0 Å². The largest absolute Gasteiger partial charge is 0.342 e. The van der Waals surface area contributed by atoms with Gasteiger partial charge in [0.1, 0.15) is 5.15 Å². The van der Waals surface area contributed by atoms with Crippen LogP contribution in [0.15, 0.2) is 12.3 Å². The van der Waals surface area contributed by atoms with Gasteiger partial charge in [-0.1, -0.05) is 11.6 Å². The molecule has 1 aromatic rings. The first-order chi connectivity index (χ1) is 4.74. The number of rotatable bonds is 2. The summed E-state index contributed by atoms with van der Waals surface area (Å²) in [6, 6.07) is 1.96. The summed E-state index contributed by atoms with van der Waals surface area (Å²) in [5.74, 6) is 0. The van der Waals surface area contributed by atoms with Gasteiger partial charge in [-0.15, -0.1) is 0 Å². The van der Waals surface area contributed by atoms with Gasteiger partial charge in [0, 0.05) is 19.8 Å². The van der Waals surface area contributed by atoms with Gasteiger partial charge in [-0.2, -0.15) is 0 Å². The number of hydrogen-bond acceptors (Lipinski definition) is 1. The lowest BCUT2D eigenvalue weighted by molar-refractivity contribution is 0.811. The molecule has 0 aromatic carbocycles. The monoisotopic (exact) mass is 158 g/mol. The van der Waals surface area contributed by atoms with E-state index in [4.69, 9.17) is 11.6 Å². The fraction of sp³-hybridized carbons (Fsp3) is 0.429. The second-order valence-corrected chi connectivity index (χ2v) is 2.70. The molecule has 1 heterocycles. The van der Waals surface area contributed by atoms with Crippen LogP contribution in [0.25, 0.3) is 0 Å². The average molecular weight is 159 g/mol. The molecule has 0 atom stereocenters. The van der Waals surface area contributed by atoms with E-state index in [1.54, 1.807) is 0 Å². The number of hydrogen-bond donors (Lipinski definition) is 1. The molecule has 56 valence electrons. The smallest absolute Gasteiger partial charge is 0.108 e. The third-order valence-corrected chi connectivity index (χ3v) is 1.76. The van der Waals surface area contributed by atoms with Crippen LogP contribution in [-0.4, -0.2) is 11.6 Å². The van der Waals surface area contributed by atoms with Crippen molar-refractivity contribution in [3.63, 3.8) is 0 Å². The van der Waals surface area contributed by atoms with Crippen molar-refractivity contribution in [1.29, 1.82) is 0 Å². The molecule has 0 bridgehead atoms. The van der Waals surface area contributed by atoms with Crippen LogP contribution in [0.2, 0.25) is 5.15 Å². The molecule has 1 rings (SSSR count). The molecule has 0 fully saturated rings. The third-order valence-electron chi connectivity index (χ3n) is 1.38. The van der Waals surface area contributed by atoms with Crippen LogP contribution in [0.5, 0.6) is 0 Å². The summed E-state index contributed by atoms with van der Waals surface area (Å²) in [4.78, 5) is 0. The van der Waals surface area contributed by atoms with Crippen molar-refractivity contribution in [2.24, 2.45) is 7.05 Å². The lowest BCUT2D eigenvalue weighted by Crippen LogP contribution is -2.03. The summed E-state index contributed by atoms with van der Waals surface area (Å²) in [6.07, 6.45) is 2.01. The molecule has 0 unspecified atom stereocenters. The molecule has 1 N–H and O–H groups in total. The number of nitrogens with zero attached hydrogens (tertiary/aromatic N) is 1. The fourth-order valence-corrected chi connectivity index (χ4v) is 1.09. The van der Waals surface area contributed by atoms with E-state index in [2.05, 4.69) is 5.32 Å². The van der Waals surface area contributed by atoms with Crippen LogP contribution < -0.4 is 5.32 Å².